The first kappa shape index (κ1) is 10.5. The molecule has 2 aromatic rings. The number of hydrogen-bond acceptors (Lipinski definition) is 4. The lowest BCUT2D eigenvalue weighted by Crippen LogP contribution is -2.37. The van der Waals surface area contributed by atoms with Crippen LogP contribution < -0.4 is 5.69 Å². The average molecular weight is 234 g/mol. The molecule has 0 radical (unpaired) electrons. The molecule has 6 nitrogen and oxygen atoms in total. The van der Waals surface area contributed by atoms with Crippen molar-refractivity contribution in [3.05, 3.63) is 22.5 Å². The van der Waals surface area contributed by atoms with Gasteiger partial charge in [-0.15, -0.1) is 0 Å². The number of imidazole rings is 1. The molecular weight excluding hydrogens is 220 g/mol. The van der Waals surface area contributed by atoms with Gasteiger partial charge in [-0.05, 0) is 0 Å². The molecule has 90 valence electrons. The van der Waals surface area contributed by atoms with Gasteiger partial charge in [-0.1, -0.05) is 6.92 Å². The van der Waals surface area contributed by atoms with Gasteiger partial charge in [-0.3, -0.25) is 9.13 Å². The zero-order valence-corrected chi connectivity index (χ0v) is 9.88. The van der Waals surface area contributed by atoms with Crippen LogP contribution >= 0.6 is 0 Å². The van der Waals surface area contributed by atoms with Gasteiger partial charge in [0.15, 0.2) is 5.65 Å². The van der Waals surface area contributed by atoms with Gasteiger partial charge in [0.2, 0.25) is 0 Å². The Morgan fingerprint density at radius 2 is 2.29 bits per heavy atom. The summed E-state index contributed by atoms with van der Waals surface area (Å²) in [5, 5.41) is 0. The van der Waals surface area contributed by atoms with Gasteiger partial charge in [0.1, 0.15) is 11.3 Å². The average Bonchev–Trinajstić information content (AvgIpc) is 2.52. The maximum atomic E-state index is 12.1. The van der Waals surface area contributed by atoms with E-state index in [1.165, 1.54) is 0 Å². The number of aryl methyl sites for hydroxylation is 2. The van der Waals surface area contributed by atoms with Crippen molar-refractivity contribution < 1.29 is 4.74 Å². The predicted molar refractivity (Wildman–Crippen MR) is 62.0 cm³/mol. The van der Waals surface area contributed by atoms with Gasteiger partial charge in [0.25, 0.3) is 0 Å². The molecule has 0 amide bonds. The third-order valence-electron chi connectivity index (χ3n) is 3.18. The number of ether oxygens (including phenoxy) is 1. The van der Waals surface area contributed by atoms with E-state index >= 15 is 0 Å². The molecule has 0 bridgehead atoms. The number of nitrogens with zero attached hydrogens (tertiary/aromatic N) is 4. The minimum absolute atomic E-state index is 0.0455. The van der Waals surface area contributed by atoms with Crippen molar-refractivity contribution >= 4 is 11.2 Å². The predicted octanol–water partition coefficient (Wildman–Crippen LogP) is 0.264. The second-order valence-electron chi connectivity index (χ2n) is 4.25. The molecule has 1 saturated heterocycles. The highest BCUT2D eigenvalue weighted by Gasteiger charge is 2.26. The van der Waals surface area contributed by atoms with Crippen molar-refractivity contribution in [1.29, 1.82) is 0 Å². The fourth-order valence-corrected chi connectivity index (χ4v) is 2.04. The molecule has 6 heteroatoms. The number of fused-ring (bicyclic) bond motifs is 1. The highest BCUT2D eigenvalue weighted by Crippen LogP contribution is 2.20. The molecular formula is C11H14N4O2. The van der Waals surface area contributed by atoms with Crippen molar-refractivity contribution in [2.24, 2.45) is 7.05 Å². The summed E-state index contributed by atoms with van der Waals surface area (Å²) in [7, 11) is 1.75. The Morgan fingerprint density at radius 1 is 1.53 bits per heavy atom. The molecule has 0 N–H and O–H groups in total. The smallest absolute Gasteiger partial charge is 0.330 e. The van der Waals surface area contributed by atoms with Gasteiger partial charge >= 0.3 is 5.69 Å². The van der Waals surface area contributed by atoms with Crippen molar-refractivity contribution in [2.75, 3.05) is 13.2 Å². The molecule has 1 fully saturated rings. The summed E-state index contributed by atoms with van der Waals surface area (Å²) in [5.74, 6) is 0.761. The van der Waals surface area contributed by atoms with E-state index < -0.39 is 0 Å². The van der Waals surface area contributed by atoms with Crippen molar-refractivity contribution in [1.82, 2.24) is 19.1 Å². The van der Waals surface area contributed by atoms with Gasteiger partial charge in [-0.2, -0.15) is 0 Å². The Balaban J connectivity index is 2.30. The third kappa shape index (κ3) is 1.40. The zero-order chi connectivity index (χ0) is 12.0. The van der Waals surface area contributed by atoms with E-state index in [1.54, 1.807) is 22.4 Å². The molecule has 0 atom stereocenters. The van der Waals surface area contributed by atoms with E-state index in [4.69, 9.17) is 4.74 Å². The lowest BCUT2D eigenvalue weighted by atomic mass is 10.2. The second kappa shape index (κ2) is 3.66. The van der Waals surface area contributed by atoms with Crippen LogP contribution in [0.1, 0.15) is 18.8 Å². The molecule has 1 aliphatic rings. The summed E-state index contributed by atoms with van der Waals surface area (Å²) in [6, 6.07) is 0.116. The molecule has 0 aromatic carbocycles. The monoisotopic (exact) mass is 234 g/mol. The fraction of sp³-hybridized carbons (Fsp3) is 0.545. The van der Waals surface area contributed by atoms with E-state index in [1.807, 2.05) is 6.92 Å². The molecule has 2 aromatic heterocycles. The Labute approximate surface area is 97.9 Å². The first-order valence-electron chi connectivity index (χ1n) is 5.73. The molecule has 17 heavy (non-hydrogen) atoms. The summed E-state index contributed by atoms with van der Waals surface area (Å²) in [4.78, 5) is 20.8. The van der Waals surface area contributed by atoms with E-state index in [9.17, 15) is 4.79 Å². The molecule has 0 saturated carbocycles. The minimum atomic E-state index is -0.0455. The van der Waals surface area contributed by atoms with Crippen LogP contribution in [0.25, 0.3) is 11.2 Å². The Kier molecular flexibility index (Phi) is 2.25. The minimum Gasteiger partial charge on any atom is -0.377 e. The van der Waals surface area contributed by atoms with Crippen LogP contribution in [0.5, 0.6) is 0 Å². The lowest BCUT2D eigenvalue weighted by molar-refractivity contribution is -0.0233. The second-order valence-corrected chi connectivity index (χ2v) is 4.25. The number of aromatic nitrogens is 4. The van der Waals surface area contributed by atoms with Crippen molar-refractivity contribution in [3.63, 3.8) is 0 Å². The van der Waals surface area contributed by atoms with Crippen LogP contribution in [0.15, 0.2) is 11.0 Å². The Bertz CT molecular complexity index is 624. The normalized spacial score (nSPS) is 16.4. The van der Waals surface area contributed by atoms with E-state index in [0.29, 0.717) is 13.2 Å². The van der Waals surface area contributed by atoms with Crippen molar-refractivity contribution in [2.45, 2.75) is 19.4 Å². The molecule has 0 spiro atoms. The maximum Gasteiger partial charge on any atom is 0.330 e. The topological polar surface area (TPSA) is 61.9 Å². The van der Waals surface area contributed by atoms with Crippen LogP contribution in [0.2, 0.25) is 0 Å². The largest absolute Gasteiger partial charge is 0.377 e. The van der Waals surface area contributed by atoms with Crippen LogP contribution in [-0.4, -0.2) is 32.3 Å². The highest BCUT2D eigenvalue weighted by atomic mass is 16.5. The van der Waals surface area contributed by atoms with E-state index in [2.05, 4.69) is 9.97 Å². The first-order chi connectivity index (χ1) is 8.22. The highest BCUT2D eigenvalue weighted by molar-refractivity contribution is 5.70. The fourth-order valence-electron chi connectivity index (χ4n) is 2.04. The molecule has 3 heterocycles. The number of rotatable bonds is 2. The molecule has 0 unspecified atom stereocenters. The molecule has 0 aliphatic carbocycles. The van der Waals surface area contributed by atoms with Gasteiger partial charge in [0, 0.05) is 13.5 Å². The summed E-state index contributed by atoms with van der Waals surface area (Å²) in [6.07, 6.45) is 2.48. The van der Waals surface area contributed by atoms with E-state index in [-0.39, 0.29) is 11.7 Å². The summed E-state index contributed by atoms with van der Waals surface area (Å²) < 4.78 is 8.46. The summed E-state index contributed by atoms with van der Waals surface area (Å²) in [6.45, 7) is 3.17. The summed E-state index contributed by atoms with van der Waals surface area (Å²) in [5.41, 5.74) is 1.45. The maximum absolute atomic E-state index is 12.1. The zero-order valence-electron chi connectivity index (χ0n) is 9.88. The van der Waals surface area contributed by atoms with E-state index in [0.717, 1.165) is 23.4 Å². The Morgan fingerprint density at radius 3 is 2.88 bits per heavy atom. The van der Waals surface area contributed by atoms with Crippen LogP contribution in [0.3, 0.4) is 0 Å². The van der Waals surface area contributed by atoms with Crippen molar-refractivity contribution in [3.8, 4) is 0 Å². The van der Waals surface area contributed by atoms with Gasteiger partial charge in [0.05, 0.1) is 25.5 Å². The van der Waals surface area contributed by atoms with Crippen LogP contribution in [0.4, 0.5) is 0 Å². The quantitative estimate of drug-likeness (QED) is 0.748. The number of hydrogen-bond donors (Lipinski definition) is 0. The van der Waals surface area contributed by atoms with Gasteiger partial charge in [-0.25, -0.2) is 14.8 Å². The van der Waals surface area contributed by atoms with Gasteiger partial charge < -0.3 is 4.74 Å². The Hall–Kier alpha value is -1.69. The molecule has 1 aliphatic heterocycles. The molecule has 3 rings (SSSR count). The lowest BCUT2D eigenvalue weighted by Gasteiger charge is -2.26. The summed E-state index contributed by atoms with van der Waals surface area (Å²) >= 11 is 0. The third-order valence-corrected chi connectivity index (χ3v) is 3.18. The standard InChI is InChI=1S/C11H14N4O2/c1-3-9-12-4-8-10(13-9)15(7-5-17-6-7)11(16)14(8)2/h4,7H,3,5-6H2,1-2H3. The SMILES string of the molecule is CCc1ncc2c(n1)n(C1COC1)c(=O)n2C. The van der Waals surface area contributed by atoms with Crippen LogP contribution in [0, 0.1) is 0 Å². The first-order valence-corrected chi connectivity index (χ1v) is 5.73. The van der Waals surface area contributed by atoms with Crippen LogP contribution in [-0.2, 0) is 18.2 Å².